The molecule has 7 heteroatoms. The lowest BCUT2D eigenvalue weighted by Gasteiger charge is -2.12. The monoisotopic (exact) mass is 440 g/mol. The number of halogens is 2. The van der Waals surface area contributed by atoms with Gasteiger partial charge in [0.1, 0.15) is 5.82 Å². The molecule has 1 aliphatic heterocycles. The van der Waals surface area contributed by atoms with Crippen molar-refractivity contribution < 1.29 is 14.0 Å². The van der Waals surface area contributed by atoms with Crippen LogP contribution in [-0.4, -0.2) is 20.6 Å². The highest BCUT2D eigenvalue weighted by Gasteiger charge is 2.35. The number of benzene rings is 2. The molecule has 0 N–H and O–H groups in total. The zero-order valence-corrected chi connectivity index (χ0v) is 17.9. The second-order valence-corrected chi connectivity index (χ2v) is 8.37. The maximum Gasteiger partial charge on any atom is 0.293 e. The van der Waals surface area contributed by atoms with Crippen LogP contribution in [0.4, 0.5) is 9.18 Å². The van der Waals surface area contributed by atoms with Crippen molar-refractivity contribution in [2.75, 3.05) is 0 Å². The number of aryl methyl sites for hydroxylation is 1. The van der Waals surface area contributed by atoms with Crippen molar-refractivity contribution in [2.45, 2.75) is 20.4 Å². The number of hydrogen-bond donors (Lipinski definition) is 0. The fourth-order valence-electron chi connectivity index (χ4n) is 3.51. The van der Waals surface area contributed by atoms with Crippen molar-refractivity contribution >= 4 is 40.6 Å². The quantitative estimate of drug-likeness (QED) is 0.459. The van der Waals surface area contributed by atoms with Crippen molar-refractivity contribution in [3.05, 3.63) is 92.9 Å². The first-order chi connectivity index (χ1) is 14.4. The number of carbonyl (C=O) groups excluding carboxylic acids is 2. The lowest BCUT2D eigenvalue weighted by Crippen LogP contribution is -2.27. The third-order valence-corrected chi connectivity index (χ3v) is 6.24. The van der Waals surface area contributed by atoms with Gasteiger partial charge < -0.3 is 4.57 Å². The predicted molar refractivity (Wildman–Crippen MR) is 118 cm³/mol. The molecule has 4 nitrogen and oxygen atoms in total. The van der Waals surface area contributed by atoms with Crippen LogP contribution in [0.15, 0.2) is 59.5 Å². The summed E-state index contributed by atoms with van der Waals surface area (Å²) >= 11 is 7.22. The molecular formula is C23H18ClFN2O2S. The van der Waals surface area contributed by atoms with Crippen molar-refractivity contribution in [3.63, 3.8) is 0 Å². The highest BCUT2D eigenvalue weighted by Crippen LogP contribution is 2.35. The first-order valence-electron chi connectivity index (χ1n) is 9.29. The van der Waals surface area contributed by atoms with E-state index in [2.05, 4.69) is 0 Å². The van der Waals surface area contributed by atoms with E-state index >= 15 is 0 Å². The van der Waals surface area contributed by atoms with E-state index in [0.29, 0.717) is 15.5 Å². The van der Waals surface area contributed by atoms with Crippen molar-refractivity contribution in [2.24, 2.45) is 0 Å². The molecule has 1 aromatic heterocycles. The van der Waals surface area contributed by atoms with E-state index in [1.165, 1.54) is 6.07 Å². The molecule has 2 heterocycles. The normalized spacial score (nSPS) is 15.5. The SMILES string of the molecule is Cc1cc(/C=C2\SC(=O)N(Cc3ccccc3F)C2=O)c(C)n1-c1ccccc1Cl. The van der Waals surface area contributed by atoms with Crippen LogP contribution in [0.5, 0.6) is 0 Å². The molecule has 0 radical (unpaired) electrons. The predicted octanol–water partition coefficient (Wildman–Crippen LogP) is 6.12. The summed E-state index contributed by atoms with van der Waals surface area (Å²) in [5.41, 5.74) is 3.84. The highest BCUT2D eigenvalue weighted by molar-refractivity contribution is 8.18. The molecule has 0 bridgehead atoms. The Morgan fingerprint density at radius 1 is 1.07 bits per heavy atom. The van der Waals surface area contributed by atoms with E-state index in [9.17, 15) is 14.0 Å². The van der Waals surface area contributed by atoms with Crippen LogP contribution < -0.4 is 0 Å². The van der Waals surface area contributed by atoms with Gasteiger partial charge in [-0.25, -0.2) is 4.39 Å². The second kappa shape index (κ2) is 8.13. The van der Waals surface area contributed by atoms with Gasteiger partial charge in [-0.15, -0.1) is 0 Å². The maximum absolute atomic E-state index is 14.0. The minimum Gasteiger partial charge on any atom is -0.316 e. The molecule has 1 fully saturated rings. The van der Waals surface area contributed by atoms with Crippen molar-refractivity contribution in [1.29, 1.82) is 0 Å². The van der Waals surface area contributed by atoms with Crippen LogP contribution in [0, 0.1) is 19.7 Å². The van der Waals surface area contributed by atoms with Crippen molar-refractivity contribution in [1.82, 2.24) is 9.47 Å². The van der Waals surface area contributed by atoms with Crippen LogP contribution >= 0.6 is 23.4 Å². The molecule has 4 rings (SSSR count). The number of aromatic nitrogens is 1. The van der Waals surface area contributed by atoms with Crippen LogP contribution in [-0.2, 0) is 11.3 Å². The van der Waals surface area contributed by atoms with E-state index in [1.54, 1.807) is 24.3 Å². The molecule has 1 saturated heterocycles. The van der Waals surface area contributed by atoms with Gasteiger partial charge in [0.15, 0.2) is 0 Å². The molecule has 0 unspecified atom stereocenters. The zero-order chi connectivity index (χ0) is 21.4. The lowest BCUT2D eigenvalue weighted by atomic mass is 10.2. The highest BCUT2D eigenvalue weighted by atomic mass is 35.5. The maximum atomic E-state index is 14.0. The number of amides is 2. The van der Waals surface area contributed by atoms with Gasteiger partial charge in [-0.1, -0.05) is 41.9 Å². The van der Waals surface area contributed by atoms with Gasteiger partial charge in [0.05, 0.1) is 22.2 Å². The largest absolute Gasteiger partial charge is 0.316 e. The number of thioether (sulfide) groups is 1. The molecule has 0 aliphatic carbocycles. The second-order valence-electron chi connectivity index (χ2n) is 6.97. The Labute approximate surface area is 182 Å². The van der Waals surface area contributed by atoms with Crippen LogP contribution in [0.2, 0.25) is 5.02 Å². The Morgan fingerprint density at radius 2 is 1.77 bits per heavy atom. The summed E-state index contributed by atoms with van der Waals surface area (Å²) < 4.78 is 16.0. The summed E-state index contributed by atoms with van der Waals surface area (Å²) in [6.45, 7) is 3.80. The Kier molecular flexibility index (Phi) is 5.54. The fraction of sp³-hybridized carbons (Fsp3) is 0.130. The molecule has 2 aromatic carbocycles. The summed E-state index contributed by atoms with van der Waals surface area (Å²) in [6, 6.07) is 15.6. The van der Waals surface area contributed by atoms with Gasteiger partial charge >= 0.3 is 0 Å². The average Bonchev–Trinajstić information content (AvgIpc) is 3.14. The Hall–Kier alpha value is -2.83. The van der Waals surface area contributed by atoms with Crippen molar-refractivity contribution in [3.8, 4) is 5.69 Å². The van der Waals surface area contributed by atoms with Gasteiger partial charge in [-0.05, 0) is 61.5 Å². The Morgan fingerprint density at radius 3 is 2.50 bits per heavy atom. The number of carbonyl (C=O) groups is 2. The number of hydrogen-bond acceptors (Lipinski definition) is 3. The van der Waals surface area contributed by atoms with Crippen LogP contribution in [0.25, 0.3) is 11.8 Å². The minimum atomic E-state index is -0.441. The van der Waals surface area contributed by atoms with Gasteiger partial charge in [0, 0.05) is 17.0 Å². The Balaban J connectivity index is 1.66. The van der Waals surface area contributed by atoms with Crippen LogP contribution in [0.1, 0.15) is 22.5 Å². The zero-order valence-electron chi connectivity index (χ0n) is 16.4. The van der Waals surface area contributed by atoms with E-state index < -0.39 is 17.0 Å². The minimum absolute atomic E-state index is 0.0900. The van der Waals surface area contributed by atoms with E-state index in [1.807, 2.05) is 48.7 Å². The first kappa shape index (κ1) is 20.4. The number of rotatable bonds is 4. The topological polar surface area (TPSA) is 42.3 Å². The number of para-hydroxylation sites is 1. The molecule has 3 aromatic rings. The van der Waals surface area contributed by atoms with E-state index in [4.69, 9.17) is 11.6 Å². The van der Waals surface area contributed by atoms with Gasteiger partial charge in [0.2, 0.25) is 0 Å². The van der Waals surface area contributed by atoms with Crippen LogP contribution in [0.3, 0.4) is 0 Å². The Bertz CT molecular complexity index is 1200. The molecule has 0 saturated carbocycles. The number of imide groups is 1. The molecule has 30 heavy (non-hydrogen) atoms. The van der Waals surface area contributed by atoms with Gasteiger partial charge in [0.25, 0.3) is 11.1 Å². The van der Waals surface area contributed by atoms with E-state index in [0.717, 1.165) is 39.3 Å². The van der Waals surface area contributed by atoms with E-state index in [-0.39, 0.29) is 6.54 Å². The summed E-state index contributed by atoms with van der Waals surface area (Å²) in [7, 11) is 0. The molecule has 2 amide bonds. The summed E-state index contributed by atoms with van der Waals surface area (Å²) in [5.74, 6) is -0.861. The molecule has 152 valence electrons. The third-order valence-electron chi connectivity index (χ3n) is 5.01. The molecular weight excluding hydrogens is 423 g/mol. The summed E-state index contributed by atoms with van der Waals surface area (Å²) in [6.07, 6.45) is 1.71. The lowest BCUT2D eigenvalue weighted by molar-refractivity contribution is -0.123. The molecule has 0 spiro atoms. The fourth-order valence-corrected chi connectivity index (χ4v) is 4.56. The standard InChI is InChI=1S/C23H18ClFN2O2S/c1-14-11-17(15(2)27(14)20-10-6-4-8-18(20)24)12-21-22(28)26(23(29)30-21)13-16-7-3-5-9-19(16)25/h3-12H,13H2,1-2H3/b21-12-. The van der Waals surface area contributed by atoms with Gasteiger partial charge in [-0.2, -0.15) is 0 Å². The molecule has 1 aliphatic rings. The summed E-state index contributed by atoms with van der Waals surface area (Å²) in [4.78, 5) is 26.6. The average molecular weight is 441 g/mol. The first-order valence-corrected chi connectivity index (χ1v) is 10.5. The third kappa shape index (κ3) is 3.68. The smallest absolute Gasteiger partial charge is 0.293 e. The number of nitrogens with zero attached hydrogens (tertiary/aromatic N) is 2. The molecule has 0 atom stereocenters. The van der Waals surface area contributed by atoms with Gasteiger partial charge in [-0.3, -0.25) is 14.5 Å². The summed E-state index contributed by atoms with van der Waals surface area (Å²) in [5, 5.41) is 0.213.